The van der Waals surface area contributed by atoms with Gasteiger partial charge in [0.05, 0.1) is 0 Å². The van der Waals surface area contributed by atoms with Crippen LogP contribution in [0.1, 0.15) is 223 Å². The molecule has 6 rings (SSSR count). The Morgan fingerprint density at radius 2 is 0.702 bits per heavy atom. The van der Waals surface area contributed by atoms with Gasteiger partial charge in [0.25, 0.3) is 0 Å². The number of rotatable bonds is 15. The van der Waals surface area contributed by atoms with E-state index < -0.39 is 0 Å². The molecule has 2 aromatic rings. The van der Waals surface area contributed by atoms with Crippen molar-refractivity contribution < 1.29 is 0 Å². The highest BCUT2D eigenvalue weighted by Crippen LogP contribution is 2.43. The Morgan fingerprint density at radius 1 is 0.368 bits per heavy atom. The molecule has 0 N–H and O–H groups in total. The SMILES string of the molecule is CCCCCC[C@H]1CC[C@H](C2CCC(C#Cc3ccc(CCC)cc3)CC2)CC1.CCCCC[C@H]1CC[C@H](C2CCC(C#Cc3ccc(CCC)cc3)CC2)CC1. The molecule has 0 saturated heterocycles. The number of aryl methyl sites for hydroxylation is 2. The molecule has 0 heterocycles. The van der Waals surface area contributed by atoms with E-state index in [0.717, 1.165) is 35.5 Å². The lowest BCUT2D eigenvalue weighted by atomic mass is 9.69. The van der Waals surface area contributed by atoms with Crippen LogP contribution in [0.2, 0.25) is 0 Å². The highest BCUT2D eigenvalue weighted by atomic mass is 14.4. The summed E-state index contributed by atoms with van der Waals surface area (Å²) in [5.74, 6) is 21.6. The molecule has 4 saturated carbocycles. The molecule has 0 atom stereocenters. The summed E-state index contributed by atoms with van der Waals surface area (Å²) in [5, 5.41) is 0. The van der Waals surface area contributed by atoms with Gasteiger partial charge in [0.1, 0.15) is 0 Å². The quantitative estimate of drug-likeness (QED) is 0.125. The van der Waals surface area contributed by atoms with Crippen LogP contribution in [0.5, 0.6) is 0 Å². The van der Waals surface area contributed by atoms with Gasteiger partial charge < -0.3 is 0 Å². The van der Waals surface area contributed by atoms with E-state index in [9.17, 15) is 0 Å². The zero-order chi connectivity index (χ0) is 39.9. The van der Waals surface area contributed by atoms with Crippen molar-refractivity contribution in [3.05, 3.63) is 70.8 Å². The second-order valence-corrected chi connectivity index (χ2v) is 19.6. The van der Waals surface area contributed by atoms with E-state index in [-0.39, 0.29) is 0 Å². The smallest absolute Gasteiger partial charge is 0.0245 e. The van der Waals surface area contributed by atoms with Crippen LogP contribution in [-0.2, 0) is 12.8 Å². The van der Waals surface area contributed by atoms with Crippen LogP contribution >= 0.6 is 0 Å². The molecular weight excluding hydrogens is 685 g/mol. The lowest BCUT2D eigenvalue weighted by Gasteiger charge is -2.37. The minimum absolute atomic E-state index is 0.636. The molecule has 4 aliphatic rings. The minimum Gasteiger partial charge on any atom is -0.0945 e. The Kier molecular flexibility index (Phi) is 21.3. The first-order chi connectivity index (χ1) is 28.1. The zero-order valence-corrected chi connectivity index (χ0v) is 37.7. The summed E-state index contributed by atoms with van der Waals surface area (Å²) in [7, 11) is 0. The highest BCUT2D eigenvalue weighted by Gasteiger charge is 2.31. The van der Waals surface area contributed by atoms with E-state index in [4.69, 9.17) is 0 Å². The fourth-order valence-electron chi connectivity index (χ4n) is 11.4. The summed E-state index contributed by atoms with van der Waals surface area (Å²) in [6.45, 7) is 9.12. The number of unbranched alkanes of at least 4 members (excludes halogenated alkanes) is 5. The predicted molar refractivity (Wildman–Crippen MR) is 249 cm³/mol. The first kappa shape index (κ1) is 45.6. The maximum Gasteiger partial charge on any atom is 0.0245 e. The first-order valence-electron chi connectivity index (χ1n) is 25.3. The van der Waals surface area contributed by atoms with E-state index in [1.807, 2.05) is 0 Å². The molecular formula is C57H86. The normalized spacial score (nSPS) is 27.5. The van der Waals surface area contributed by atoms with Crippen molar-refractivity contribution in [2.75, 3.05) is 0 Å². The molecule has 0 bridgehead atoms. The first-order valence-corrected chi connectivity index (χ1v) is 25.3. The third-order valence-corrected chi connectivity index (χ3v) is 15.2. The van der Waals surface area contributed by atoms with E-state index in [1.165, 1.54) is 208 Å². The number of hydrogen-bond acceptors (Lipinski definition) is 0. The molecule has 0 spiro atoms. The Hall–Kier alpha value is -2.44. The second kappa shape index (κ2) is 26.6. The van der Waals surface area contributed by atoms with E-state index in [1.54, 1.807) is 0 Å². The molecule has 0 radical (unpaired) electrons. The van der Waals surface area contributed by atoms with Gasteiger partial charge in [0.15, 0.2) is 0 Å². The van der Waals surface area contributed by atoms with Crippen molar-refractivity contribution in [3.63, 3.8) is 0 Å². The maximum atomic E-state index is 3.60. The monoisotopic (exact) mass is 771 g/mol. The van der Waals surface area contributed by atoms with Gasteiger partial charge in [0.2, 0.25) is 0 Å². The zero-order valence-electron chi connectivity index (χ0n) is 37.7. The number of benzene rings is 2. The minimum atomic E-state index is 0.636. The van der Waals surface area contributed by atoms with Gasteiger partial charge in [-0.2, -0.15) is 0 Å². The highest BCUT2D eigenvalue weighted by molar-refractivity contribution is 5.37. The average molecular weight is 771 g/mol. The topological polar surface area (TPSA) is 0 Å². The Morgan fingerprint density at radius 3 is 1.05 bits per heavy atom. The Balaban J connectivity index is 0.000000218. The van der Waals surface area contributed by atoms with Crippen LogP contribution in [0.25, 0.3) is 0 Å². The van der Waals surface area contributed by atoms with Crippen molar-refractivity contribution in [2.24, 2.45) is 47.3 Å². The second-order valence-electron chi connectivity index (χ2n) is 19.6. The molecule has 0 amide bonds. The van der Waals surface area contributed by atoms with Gasteiger partial charge in [-0.1, -0.05) is 172 Å². The van der Waals surface area contributed by atoms with Gasteiger partial charge in [-0.15, -0.1) is 0 Å². The van der Waals surface area contributed by atoms with Gasteiger partial charge in [-0.3, -0.25) is 0 Å². The third-order valence-electron chi connectivity index (χ3n) is 15.2. The van der Waals surface area contributed by atoms with Gasteiger partial charge in [-0.25, -0.2) is 0 Å². The average Bonchev–Trinajstić information content (AvgIpc) is 3.26. The lowest BCUT2D eigenvalue weighted by molar-refractivity contribution is 0.153. The third kappa shape index (κ3) is 16.6. The van der Waals surface area contributed by atoms with Crippen molar-refractivity contribution in [1.29, 1.82) is 0 Å². The summed E-state index contributed by atoms with van der Waals surface area (Å²) in [4.78, 5) is 0. The van der Waals surface area contributed by atoms with Gasteiger partial charge >= 0.3 is 0 Å². The molecule has 0 aliphatic heterocycles. The summed E-state index contributed by atoms with van der Waals surface area (Å²) in [6, 6.07) is 17.9. The van der Waals surface area contributed by atoms with Crippen molar-refractivity contribution in [2.45, 2.75) is 214 Å². The van der Waals surface area contributed by atoms with Crippen molar-refractivity contribution >= 4 is 0 Å². The molecule has 0 unspecified atom stereocenters. The fourth-order valence-corrected chi connectivity index (χ4v) is 11.4. The molecule has 4 fully saturated rings. The van der Waals surface area contributed by atoms with Crippen LogP contribution in [0.15, 0.2) is 48.5 Å². The predicted octanol–water partition coefficient (Wildman–Crippen LogP) is 16.8. The summed E-state index contributed by atoms with van der Waals surface area (Å²) < 4.78 is 0. The van der Waals surface area contributed by atoms with E-state index in [2.05, 4.69) is 99.9 Å². The van der Waals surface area contributed by atoms with Crippen molar-refractivity contribution in [1.82, 2.24) is 0 Å². The van der Waals surface area contributed by atoms with Crippen molar-refractivity contribution in [3.8, 4) is 23.7 Å². The van der Waals surface area contributed by atoms with Gasteiger partial charge in [-0.05, 0) is 161 Å². The van der Waals surface area contributed by atoms with Crippen LogP contribution in [0.3, 0.4) is 0 Å². The molecule has 2 aromatic carbocycles. The Labute approximate surface area is 354 Å². The van der Waals surface area contributed by atoms with Crippen LogP contribution in [-0.4, -0.2) is 0 Å². The Bertz CT molecular complexity index is 1440. The largest absolute Gasteiger partial charge is 0.0945 e. The fraction of sp³-hybridized carbons (Fsp3) is 0.719. The van der Waals surface area contributed by atoms with Gasteiger partial charge in [0, 0.05) is 23.0 Å². The standard InChI is InChI=1S/C29H44.C28H42/c1-3-5-6-7-9-25-16-20-28(21-17-25)29-22-18-27(19-23-29)15-14-26-12-10-24(8-4-2)11-13-26;1-3-5-6-8-24-15-19-27(20-16-24)28-21-17-26(18-22-28)14-13-25-11-9-23(7-4-2)10-12-25/h10-13,25,27-29H,3-9,16-23H2,1-2H3;9-12,24,26-28H,3-8,15-22H2,1-2H3/t25-,27?,28-,29?;24-,26?,27-,28?. The van der Waals surface area contributed by atoms with Crippen LogP contribution < -0.4 is 0 Å². The number of hydrogen-bond donors (Lipinski definition) is 0. The maximum absolute atomic E-state index is 3.60. The lowest BCUT2D eigenvalue weighted by Crippen LogP contribution is -2.25. The van der Waals surface area contributed by atoms with E-state index in [0.29, 0.717) is 11.8 Å². The summed E-state index contributed by atoms with van der Waals surface area (Å²) in [6.07, 6.45) is 41.0. The molecule has 57 heavy (non-hydrogen) atoms. The molecule has 4 aliphatic carbocycles. The van der Waals surface area contributed by atoms with Crippen LogP contribution in [0.4, 0.5) is 0 Å². The molecule has 314 valence electrons. The van der Waals surface area contributed by atoms with Crippen LogP contribution in [0, 0.1) is 71.0 Å². The molecule has 0 heteroatoms. The van der Waals surface area contributed by atoms with E-state index >= 15 is 0 Å². The molecule has 0 nitrogen and oxygen atoms in total. The molecule has 0 aromatic heterocycles. The summed E-state index contributed by atoms with van der Waals surface area (Å²) in [5.41, 5.74) is 5.27. The summed E-state index contributed by atoms with van der Waals surface area (Å²) >= 11 is 0.